The monoisotopic (exact) mass is 751 g/mol. The van der Waals surface area contributed by atoms with Crippen LogP contribution in [0.4, 0.5) is 0 Å². The average Bonchev–Trinajstić information content (AvgIpc) is 3.61. The Morgan fingerprint density at radius 1 is 0.271 bits per heavy atom. The van der Waals surface area contributed by atoms with Crippen LogP contribution >= 0.6 is 0 Å². The predicted octanol–water partition coefficient (Wildman–Crippen LogP) is 13.7. The second kappa shape index (κ2) is 14.3. The molecule has 9 aromatic carbocycles. The van der Waals surface area contributed by atoms with Crippen molar-refractivity contribution >= 4 is 10.8 Å². The number of nitrogens with zero attached hydrogens (tertiary/aromatic N) is 3. The van der Waals surface area contributed by atoms with E-state index in [9.17, 15) is 0 Å². The molecular weight excluding hydrogens is 715 g/mol. The molecule has 3 heteroatoms. The van der Waals surface area contributed by atoms with Gasteiger partial charge in [-0.15, -0.1) is 0 Å². The van der Waals surface area contributed by atoms with Gasteiger partial charge >= 0.3 is 0 Å². The highest BCUT2D eigenvalue weighted by molar-refractivity contribution is 6.02. The maximum Gasteiger partial charge on any atom is 0.164 e. The van der Waals surface area contributed by atoms with Crippen LogP contribution in [0.3, 0.4) is 0 Å². The molecule has 0 radical (unpaired) electrons. The number of benzene rings is 9. The van der Waals surface area contributed by atoms with Gasteiger partial charge in [0.05, 0.1) is 5.41 Å². The van der Waals surface area contributed by atoms with Gasteiger partial charge in [-0.3, -0.25) is 0 Å². The lowest BCUT2D eigenvalue weighted by atomic mass is 9.67. The van der Waals surface area contributed by atoms with Crippen LogP contribution in [0.25, 0.3) is 78.3 Å². The molecule has 3 nitrogen and oxygen atoms in total. The Hall–Kier alpha value is -7.75. The lowest BCUT2D eigenvalue weighted by molar-refractivity contribution is 0.769. The standard InChI is InChI=1S/C56H37N3/c1-5-18-38(19-6-1)40-22-15-23-41(34-40)42-24-16-26-44(35-42)54-57-53(39-20-7-2-8-21-39)58-55(59-54)48-32-17-25-43-36-50-47-31-13-14-33-51(47)56(52(50)37-49(43)48,45-27-9-3-10-28-45)46-29-11-4-12-30-46/h1-37H. The zero-order chi connectivity index (χ0) is 39.2. The third-order valence-corrected chi connectivity index (χ3v) is 11.8. The van der Waals surface area contributed by atoms with E-state index >= 15 is 0 Å². The Balaban J connectivity index is 1.12. The SMILES string of the molecule is c1ccc(-c2cccc(-c3cccc(-c4nc(-c5ccccc5)nc(-c5cccc6cc7c(cc56)C(c5ccccc5)(c5ccccc5)c5ccccc5-7)n4)c3)c2)cc1. The first kappa shape index (κ1) is 34.5. The van der Waals surface area contributed by atoms with Crippen LogP contribution in [0.15, 0.2) is 224 Å². The minimum Gasteiger partial charge on any atom is -0.208 e. The molecule has 276 valence electrons. The Morgan fingerprint density at radius 2 is 0.729 bits per heavy atom. The summed E-state index contributed by atoms with van der Waals surface area (Å²) in [6.45, 7) is 0. The number of fused-ring (bicyclic) bond motifs is 4. The van der Waals surface area contributed by atoms with Crippen LogP contribution in [0.2, 0.25) is 0 Å². The summed E-state index contributed by atoms with van der Waals surface area (Å²) in [6.07, 6.45) is 0. The van der Waals surface area contributed by atoms with Crippen molar-refractivity contribution in [3.05, 3.63) is 247 Å². The summed E-state index contributed by atoms with van der Waals surface area (Å²) in [5.41, 5.74) is 14.4. The molecular formula is C56H37N3. The van der Waals surface area contributed by atoms with Crippen molar-refractivity contribution in [3.8, 4) is 67.5 Å². The first-order valence-corrected chi connectivity index (χ1v) is 20.1. The topological polar surface area (TPSA) is 38.7 Å². The molecule has 59 heavy (non-hydrogen) atoms. The van der Waals surface area contributed by atoms with E-state index in [2.05, 4.69) is 206 Å². The van der Waals surface area contributed by atoms with Crippen LogP contribution in [-0.2, 0) is 5.41 Å². The van der Waals surface area contributed by atoms with Crippen molar-refractivity contribution in [1.29, 1.82) is 0 Å². The zero-order valence-electron chi connectivity index (χ0n) is 32.2. The van der Waals surface area contributed by atoms with Gasteiger partial charge in [0.2, 0.25) is 0 Å². The highest BCUT2D eigenvalue weighted by Crippen LogP contribution is 2.57. The fourth-order valence-electron chi connectivity index (χ4n) is 9.10. The summed E-state index contributed by atoms with van der Waals surface area (Å²) in [6, 6.07) is 80.0. The van der Waals surface area contributed by atoms with Crippen LogP contribution in [-0.4, -0.2) is 15.0 Å². The lowest BCUT2D eigenvalue weighted by Crippen LogP contribution is -2.28. The van der Waals surface area contributed by atoms with Crippen molar-refractivity contribution in [3.63, 3.8) is 0 Å². The highest BCUT2D eigenvalue weighted by atomic mass is 15.0. The van der Waals surface area contributed by atoms with E-state index in [1.807, 2.05) is 18.2 Å². The van der Waals surface area contributed by atoms with E-state index in [4.69, 9.17) is 15.0 Å². The number of rotatable bonds is 7. The molecule has 0 N–H and O–H groups in total. The fourth-order valence-corrected chi connectivity index (χ4v) is 9.10. The van der Waals surface area contributed by atoms with Crippen LogP contribution in [0.1, 0.15) is 22.3 Å². The maximum absolute atomic E-state index is 5.31. The molecule has 0 unspecified atom stereocenters. The minimum atomic E-state index is -0.520. The van der Waals surface area contributed by atoms with E-state index in [0.717, 1.165) is 38.6 Å². The molecule has 0 atom stereocenters. The summed E-state index contributed by atoms with van der Waals surface area (Å²) in [5, 5.41) is 2.23. The third kappa shape index (κ3) is 5.86. The first-order valence-electron chi connectivity index (χ1n) is 20.1. The second-order valence-corrected chi connectivity index (χ2v) is 15.2. The Kier molecular flexibility index (Phi) is 8.37. The van der Waals surface area contributed by atoms with Gasteiger partial charge in [-0.05, 0) is 90.7 Å². The summed E-state index contributed by atoms with van der Waals surface area (Å²) >= 11 is 0. The van der Waals surface area contributed by atoms with Crippen molar-refractivity contribution < 1.29 is 0 Å². The van der Waals surface area contributed by atoms with Crippen LogP contribution in [0.5, 0.6) is 0 Å². The highest BCUT2D eigenvalue weighted by Gasteiger charge is 2.46. The van der Waals surface area contributed by atoms with Gasteiger partial charge in [0, 0.05) is 16.7 Å². The van der Waals surface area contributed by atoms with E-state index in [0.29, 0.717) is 17.5 Å². The molecule has 0 amide bonds. The molecule has 0 fully saturated rings. The summed E-state index contributed by atoms with van der Waals surface area (Å²) in [7, 11) is 0. The third-order valence-electron chi connectivity index (χ3n) is 11.8. The van der Waals surface area contributed by atoms with E-state index in [1.54, 1.807) is 0 Å². The largest absolute Gasteiger partial charge is 0.208 e. The molecule has 10 aromatic rings. The number of hydrogen-bond donors (Lipinski definition) is 0. The van der Waals surface area contributed by atoms with Crippen LogP contribution in [0, 0.1) is 0 Å². The Bertz CT molecular complexity index is 3100. The van der Waals surface area contributed by atoms with Gasteiger partial charge in [0.25, 0.3) is 0 Å². The second-order valence-electron chi connectivity index (χ2n) is 15.2. The quantitative estimate of drug-likeness (QED) is 0.163. The van der Waals surface area contributed by atoms with Gasteiger partial charge < -0.3 is 0 Å². The lowest BCUT2D eigenvalue weighted by Gasteiger charge is -2.34. The van der Waals surface area contributed by atoms with Gasteiger partial charge in [0.1, 0.15) is 0 Å². The van der Waals surface area contributed by atoms with Crippen molar-refractivity contribution in [2.24, 2.45) is 0 Å². The van der Waals surface area contributed by atoms with E-state index in [-0.39, 0.29) is 0 Å². The van der Waals surface area contributed by atoms with Gasteiger partial charge in [0.15, 0.2) is 17.5 Å². The smallest absolute Gasteiger partial charge is 0.164 e. The Labute approximate surface area is 344 Å². The molecule has 11 rings (SSSR count). The average molecular weight is 752 g/mol. The molecule has 0 spiro atoms. The van der Waals surface area contributed by atoms with Crippen molar-refractivity contribution in [2.75, 3.05) is 0 Å². The van der Waals surface area contributed by atoms with Crippen molar-refractivity contribution in [1.82, 2.24) is 15.0 Å². The fraction of sp³-hybridized carbons (Fsp3) is 0.0179. The van der Waals surface area contributed by atoms with Gasteiger partial charge in [-0.2, -0.15) is 0 Å². The zero-order valence-corrected chi connectivity index (χ0v) is 32.2. The number of hydrogen-bond acceptors (Lipinski definition) is 3. The molecule has 0 aliphatic heterocycles. The molecule has 1 heterocycles. The molecule has 0 saturated heterocycles. The summed E-state index contributed by atoms with van der Waals surface area (Å²) in [4.78, 5) is 15.7. The predicted molar refractivity (Wildman–Crippen MR) is 242 cm³/mol. The first-order chi connectivity index (χ1) is 29.2. The minimum absolute atomic E-state index is 0.520. The van der Waals surface area contributed by atoms with E-state index in [1.165, 1.54) is 44.5 Å². The van der Waals surface area contributed by atoms with Crippen LogP contribution < -0.4 is 0 Å². The molecule has 1 aliphatic carbocycles. The summed E-state index contributed by atoms with van der Waals surface area (Å²) in [5.74, 6) is 1.90. The molecule has 0 saturated carbocycles. The molecule has 1 aliphatic rings. The Morgan fingerprint density at radius 3 is 1.39 bits per heavy atom. The maximum atomic E-state index is 5.31. The number of aromatic nitrogens is 3. The normalized spacial score (nSPS) is 12.5. The van der Waals surface area contributed by atoms with Gasteiger partial charge in [-0.1, -0.05) is 200 Å². The summed E-state index contributed by atoms with van der Waals surface area (Å²) < 4.78 is 0. The van der Waals surface area contributed by atoms with E-state index < -0.39 is 5.41 Å². The van der Waals surface area contributed by atoms with Crippen molar-refractivity contribution in [2.45, 2.75) is 5.41 Å². The molecule has 1 aromatic heterocycles. The van der Waals surface area contributed by atoms with Gasteiger partial charge in [-0.25, -0.2) is 15.0 Å². The molecule has 0 bridgehead atoms.